The molecular weight excluding hydrogens is 567 g/mol. The van der Waals surface area contributed by atoms with E-state index in [0.29, 0.717) is 11.8 Å². The van der Waals surface area contributed by atoms with Crippen molar-refractivity contribution in [1.29, 1.82) is 0 Å². The molecule has 0 aliphatic carbocycles. The van der Waals surface area contributed by atoms with Crippen LogP contribution in [0.25, 0.3) is 0 Å². The fraction of sp³-hybridized carbons (Fsp3) is 0.938. The Morgan fingerprint density at radius 3 is 0.686 bits per heavy atom. The Kier molecular flexibility index (Phi) is 64.3. The smallest absolute Gasteiger partial charge is 0.793 e. The van der Waals surface area contributed by atoms with Crippen LogP contribution in [0.4, 0.5) is 0 Å². The molecular formula is C32H68S2Sn. The van der Waals surface area contributed by atoms with Gasteiger partial charge in [-0.2, -0.15) is 11.5 Å². The van der Waals surface area contributed by atoms with E-state index in [1.165, 1.54) is 128 Å². The minimum atomic E-state index is 0. The molecule has 35 heavy (non-hydrogen) atoms. The normalized spacial score (nSPS) is 9.94. The van der Waals surface area contributed by atoms with E-state index in [4.69, 9.17) is 25.3 Å². The van der Waals surface area contributed by atoms with Crippen LogP contribution in [0, 0.1) is 25.7 Å². The molecule has 0 bridgehead atoms. The van der Waals surface area contributed by atoms with Crippen LogP contribution in [0.15, 0.2) is 0 Å². The molecule has 3 heteroatoms. The van der Waals surface area contributed by atoms with Gasteiger partial charge >= 0.3 is 23.9 Å². The van der Waals surface area contributed by atoms with E-state index in [0.717, 1.165) is 11.5 Å². The Bertz CT molecular complexity index is 229. The number of hydrogen-bond donors (Lipinski definition) is 0. The Hall–Kier alpha value is 1.50. The summed E-state index contributed by atoms with van der Waals surface area (Å²) in [4.78, 5) is 0. The molecule has 212 valence electrons. The second-order valence-electron chi connectivity index (χ2n) is 10.6. The zero-order chi connectivity index (χ0) is 26.7. The summed E-state index contributed by atoms with van der Waals surface area (Å²) in [6.45, 7) is 20.0. The molecule has 0 N–H and O–H groups in total. The summed E-state index contributed by atoms with van der Waals surface area (Å²) in [5, 5.41) is 0. The average Bonchev–Trinajstić information content (AvgIpc) is 2.77. The first-order valence-electron chi connectivity index (χ1n) is 15.1. The van der Waals surface area contributed by atoms with Gasteiger partial charge in [-0.1, -0.05) is 184 Å². The molecule has 0 aliphatic heterocycles. The molecule has 0 spiro atoms. The summed E-state index contributed by atoms with van der Waals surface area (Å²) >= 11 is 9.80. The van der Waals surface area contributed by atoms with Gasteiger partial charge in [0.15, 0.2) is 0 Å². The predicted molar refractivity (Wildman–Crippen MR) is 174 cm³/mol. The Morgan fingerprint density at radius 1 is 0.400 bits per heavy atom. The summed E-state index contributed by atoms with van der Waals surface area (Å²) in [5.74, 6) is 3.08. The molecule has 0 aromatic rings. The van der Waals surface area contributed by atoms with Crippen molar-refractivity contribution in [3.63, 3.8) is 0 Å². The van der Waals surface area contributed by atoms with Gasteiger partial charge in [-0.15, -0.1) is 0 Å². The van der Waals surface area contributed by atoms with Gasteiger partial charge < -0.3 is 25.3 Å². The predicted octanol–water partition coefficient (Wildman–Crippen LogP) is 11.5. The molecule has 4 radical (unpaired) electrons. The van der Waals surface area contributed by atoms with Crippen molar-refractivity contribution in [3.8, 4) is 0 Å². The number of unbranched alkanes of at least 4 members (excludes halogenated alkanes) is 18. The number of hydrogen-bond acceptors (Lipinski definition) is 2. The molecule has 0 fully saturated rings. The van der Waals surface area contributed by atoms with Gasteiger partial charge in [-0.25, -0.2) is 0 Å². The fourth-order valence-corrected chi connectivity index (χ4v) is 3.59. The summed E-state index contributed by atoms with van der Waals surface area (Å²) in [6, 6.07) is 0. The van der Waals surface area contributed by atoms with Crippen molar-refractivity contribution >= 4 is 49.2 Å². The summed E-state index contributed by atoms with van der Waals surface area (Å²) in [7, 11) is 0. The Labute approximate surface area is 254 Å². The van der Waals surface area contributed by atoms with E-state index in [1.807, 2.05) is 0 Å². The topological polar surface area (TPSA) is 0 Å². The maximum atomic E-state index is 4.90. The molecule has 0 amide bonds. The largest absolute Gasteiger partial charge is 2.00 e. The Morgan fingerprint density at radius 2 is 0.543 bits per heavy atom. The first kappa shape index (κ1) is 46.4. The molecule has 0 atom stereocenters. The molecule has 0 unspecified atom stereocenters. The molecule has 0 rings (SSSR count). The van der Waals surface area contributed by atoms with Crippen LogP contribution < -0.4 is 0 Å². The van der Waals surface area contributed by atoms with Crippen LogP contribution in [-0.4, -0.2) is 35.4 Å². The van der Waals surface area contributed by atoms with Crippen LogP contribution in [0.1, 0.15) is 170 Å². The molecule has 0 saturated heterocycles. The van der Waals surface area contributed by atoms with E-state index in [2.05, 4.69) is 55.4 Å². The fourth-order valence-electron chi connectivity index (χ4n) is 3.18. The van der Waals surface area contributed by atoms with Crippen molar-refractivity contribution in [3.05, 3.63) is 13.8 Å². The average molecular weight is 636 g/mol. The van der Waals surface area contributed by atoms with Gasteiger partial charge in [0.1, 0.15) is 0 Å². The van der Waals surface area contributed by atoms with Crippen LogP contribution in [0.2, 0.25) is 0 Å². The summed E-state index contributed by atoms with van der Waals surface area (Å²) in [6.07, 6.45) is 28.1. The third kappa shape index (κ3) is 86.2. The van der Waals surface area contributed by atoms with E-state index < -0.39 is 0 Å². The monoisotopic (exact) mass is 636 g/mol. The summed E-state index contributed by atoms with van der Waals surface area (Å²) in [5.41, 5.74) is 0. The van der Waals surface area contributed by atoms with Gasteiger partial charge in [0.2, 0.25) is 0 Å². The van der Waals surface area contributed by atoms with Crippen LogP contribution in [0.5, 0.6) is 0 Å². The quantitative estimate of drug-likeness (QED) is 0.0742. The molecule has 0 aromatic heterocycles. The van der Waals surface area contributed by atoms with Crippen molar-refractivity contribution in [2.45, 2.75) is 170 Å². The standard InChI is InChI=1S/2C12H26S.2C4H9.Sn/c2*1-2-3-4-5-6-7-8-9-10-11-12-13;2*1-4(2)3;/h2*13H,2-12H2,1H3;2*4H,1H2,2-3H3;/q;;;;+2/p-2. The zero-order valence-electron chi connectivity index (χ0n) is 25.4. The van der Waals surface area contributed by atoms with E-state index in [9.17, 15) is 0 Å². The van der Waals surface area contributed by atoms with Gasteiger partial charge in [-0.3, -0.25) is 0 Å². The SMILES string of the molecule is CCCCCCCCCCCC[S-].CCCCCCCCCCCC[S-].[CH2]C(C)C.[CH2]C(C)C.[Sn+2]. The van der Waals surface area contributed by atoms with Gasteiger partial charge in [-0.05, 0) is 11.8 Å². The van der Waals surface area contributed by atoms with E-state index >= 15 is 0 Å². The summed E-state index contributed by atoms with van der Waals surface area (Å²) < 4.78 is 0. The third-order valence-corrected chi connectivity index (χ3v) is 5.57. The molecule has 0 saturated carbocycles. The van der Waals surface area contributed by atoms with Crippen LogP contribution in [0.3, 0.4) is 0 Å². The molecule has 0 nitrogen and oxygen atoms in total. The molecule has 0 aliphatic rings. The minimum Gasteiger partial charge on any atom is -0.793 e. The van der Waals surface area contributed by atoms with Gasteiger partial charge in [0, 0.05) is 0 Å². The third-order valence-electron chi connectivity index (χ3n) is 5.00. The van der Waals surface area contributed by atoms with Crippen LogP contribution >= 0.6 is 0 Å². The maximum Gasteiger partial charge on any atom is 2.00 e. The second-order valence-corrected chi connectivity index (χ2v) is 11.4. The zero-order valence-corrected chi connectivity index (χ0v) is 29.9. The maximum absolute atomic E-state index is 4.90. The van der Waals surface area contributed by atoms with E-state index in [1.54, 1.807) is 0 Å². The minimum absolute atomic E-state index is 0. The van der Waals surface area contributed by atoms with Gasteiger partial charge in [0.25, 0.3) is 0 Å². The van der Waals surface area contributed by atoms with Crippen molar-refractivity contribution < 1.29 is 0 Å². The van der Waals surface area contributed by atoms with Crippen molar-refractivity contribution in [2.75, 3.05) is 11.5 Å². The van der Waals surface area contributed by atoms with E-state index in [-0.39, 0.29) is 23.9 Å². The molecule has 0 heterocycles. The van der Waals surface area contributed by atoms with Gasteiger partial charge in [0.05, 0.1) is 0 Å². The molecule has 0 aromatic carbocycles. The van der Waals surface area contributed by atoms with Crippen molar-refractivity contribution in [2.24, 2.45) is 11.8 Å². The second kappa shape index (κ2) is 48.6. The first-order valence-corrected chi connectivity index (χ1v) is 16.3. The first-order chi connectivity index (χ1) is 16.3. The van der Waals surface area contributed by atoms with Crippen LogP contribution in [-0.2, 0) is 25.3 Å². The number of rotatable bonds is 20. The van der Waals surface area contributed by atoms with Crippen molar-refractivity contribution in [1.82, 2.24) is 0 Å². The Balaban J connectivity index is -0.000000128.